The standard InChI is InChI=1S/C7H11NO4.C2H6/c1-4-7(11)8(5(2)9)12-6(3)10;1-2/h4H2,1-3H3;1-2H3. The van der Waals surface area contributed by atoms with E-state index in [-0.39, 0.29) is 6.42 Å². The Morgan fingerprint density at radius 2 is 1.57 bits per heavy atom. The predicted octanol–water partition coefficient (Wildman–Crippen LogP) is 1.28. The van der Waals surface area contributed by atoms with E-state index >= 15 is 0 Å². The molecule has 0 aliphatic heterocycles. The summed E-state index contributed by atoms with van der Waals surface area (Å²) in [5, 5.41) is 0.461. The van der Waals surface area contributed by atoms with Crippen molar-refractivity contribution >= 4 is 17.8 Å². The Balaban J connectivity index is 0. The Morgan fingerprint density at radius 1 is 1.14 bits per heavy atom. The predicted molar refractivity (Wildman–Crippen MR) is 50.9 cm³/mol. The maximum absolute atomic E-state index is 10.9. The van der Waals surface area contributed by atoms with Gasteiger partial charge in [0, 0.05) is 20.3 Å². The van der Waals surface area contributed by atoms with Crippen molar-refractivity contribution in [2.75, 3.05) is 0 Å². The third kappa shape index (κ3) is 6.16. The van der Waals surface area contributed by atoms with Crippen molar-refractivity contribution in [3.05, 3.63) is 0 Å². The van der Waals surface area contributed by atoms with E-state index in [0.717, 1.165) is 13.8 Å². The lowest BCUT2D eigenvalue weighted by Gasteiger charge is -2.15. The van der Waals surface area contributed by atoms with Crippen molar-refractivity contribution in [2.45, 2.75) is 41.0 Å². The molecule has 0 aliphatic rings. The Labute approximate surface area is 84.0 Å². The molecular formula is C9H17NO4. The number of hydrogen-bond acceptors (Lipinski definition) is 4. The van der Waals surface area contributed by atoms with Crippen LogP contribution < -0.4 is 0 Å². The molecule has 0 rings (SSSR count). The van der Waals surface area contributed by atoms with Crippen LogP contribution in [0.4, 0.5) is 0 Å². The first kappa shape index (κ1) is 15.1. The third-order valence-electron chi connectivity index (χ3n) is 1.03. The van der Waals surface area contributed by atoms with Crippen LogP contribution in [0.15, 0.2) is 0 Å². The van der Waals surface area contributed by atoms with E-state index in [1.807, 2.05) is 13.8 Å². The highest BCUT2D eigenvalue weighted by Crippen LogP contribution is 1.96. The number of hydroxylamine groups is 2. The van der Waals surface area contributed by atoms with Gasteiger partial charge >= 0.3 is 5.97 Å². The van der Waals surface area contributed by atoms with Crippen molar-refractivity contribution in [2.24, 2.45) is 0 Å². The summed E-state index contributed by atoms with van der Waals surface area (Å²) >= 11 is 0. The van der Waals surface area contributed by atoms with Crippen LogP contribution in [-0.4, -0.2) is 22.8 Å². The van der Waals surface area contributed by atoms with E-state index in [1.165, 1.54) is 0 Å². The van der Waals surface area contributed by atoms with Gasteiger partial charge in [0.2, 0.25) is 0 Å². The van der Waals surface area contributed by atoms with Crippen LogP contribution in [0.25, 0.3) is 0 Å². The van der Waals surface area contributed by atoms with E-state index in [0.29, 0.717) is 5.06 Å². The van der Waals surface area contributed by atoms with Crippen molar-refractivity contribution in [3.8, 4) is 0 Å². The van der Waals surface area contributed by atoms with Crippen molar-refractivity contribution < 1.29 is 19.2 Å². The molecule has 2 amide bonds. The van der Waals surface area contributed by atoms with Gasteiger partial charge in [-0.2, -0.15) is 0 Å². The van der Waals surface area contributed by atoms with Crippen LogP contribution >= 0.6 is 0 Å². The van der Waals surface area contributed by atoms with Crippen molar-refractivity contribution in [3.63, 3.8) is 0 Å². The number of carbonyl (C=O) groups is 3. The van der Waals surface area contributed by atoms with Gasteiger partial charge in [0.05, 0.1) is 0 Å². The van der Waals surface area contributed by atoms with Crippen LogP contribution in [0.1, 0.15) is 41.0 Å². The Hall–Kier alpha value is -1.39. The summed E-state index contributed by atoms with van der Waals surface area (Å²) < 4.78 is 0. The molecule has 0 atom stereocenters. The molecule has 0 aromatic rings. The fraction of sp³-hybridized carbons (Fsp3) is 0.667. The SMILES string of the molecule is CC.CCC(=O)N(OC(C)=O)C(C)=O. The first-order valence-electron chi connectivity index (χ1n) is 4.51. The maximum atomic E-state index is 10.9. The van der Waals surface area contributed by atoms with Gasteiger partial charge in [0.1, 0.15) is 0 Å². The number of carbonyl (C=O) groups excluding carboxylic acids is 3. The molecule has 5 nitrogen and oxygen atoms in total. The largest absolute Gasteiger partial charge is 0.331 e. The molecule has 0 N–H and O–H groups in total. The molecule has 0 aliphatic carbocycles. The highest BCUT2D eigenvalue weighted by molar-refractivity contribution is 5.93. The smallest absolute Gasteiger partial charge is 0.330 e. The van der Waals surface area contributed by atoms with Gasteiger partial charge in [-0.05, 0) is 0 Å². The molecule has 5 heteroatoms. The zero-order valence-corrected chi connectivity index (χ0v) is 9.29. The molecule has 0 spiro atoms. The van der Waals surface area contributed by atoms with Gasteiger partial charge < -0.3 is 4.84 Å². The molecular weight excluding hydrogens is 186 g/mol. The van der Waals surface area contributed by atoms with Gasteiger partial charge in [0.15, 0.2) is 0 Å². The minimum Gasteiger partial charge on any atom is -0.331 e. The highest BCUT2D eigenvalue weighted by Gasteiger charge is 2.19. The lowest BCUT2D eigenvalue weighted by atomic mass is 10.4. The van der Waals surface area contributed by atoms with Crippen LogP contribution in [0.3, 0.4) is 0 Å². The van der Waals surface area contributed by atoms with E-state index in [9.17, 15) is 14.4 Å². The van der Waals surface area contributed by atoms with E-state index in [4.69, 9.17) is 0 Å². The quantitative estimate of drug-likeness (QED) is 0.602. The monoisotopic (exact) mass is 203 g/mol. The lowest BCUT2D eigenvalue weighted by Crippen LogP contribution is -2.36. The van der Waals surface area contributed by atoms with Gasteiger partial charge in [-0.25, -0.2) is 4.79 Å². The Kier molecular flexibility index (Phi) is 8.86. The van der Waals surface area contributed by atoms with Crippen LogP contribution in [0.2, 0.25) is 0 Å². The Morgan fingerprint density at radius 3 is 1.79 bits per heavy atom. The number of imide groups is 1. The van der Waals surface area contributed by atoms with E-state index in [2.05, 4.69) is 4.84 Å². The van der Waals surface area contributed by atoms with Crippen LogP contribution in [0, 0.1) is 0 Å². The minimum atomic E-state index is -0.688. The number of amides is 2. The second-order valence-electron chi connectivity index (χ2n) is 2.14. The number of rotatable bonds is 1. The maximum Gasteiger partial charge on any atom is 0.330 e. The van der Waals surface area contributed by atoms with Crippen molar-refractivity contribution in [1.82, 2.24) is 5.06 Å². The second kappa shape index (κ2) is 8.22. The zero-order valence-electron chi connectivity index (χ0n) is 9.29. The molecule has 82 valence electrons. The van der Waals surface area contributed by atoms with Gasteiger partial charge in [-0.3, -0.25) is 9.59 Å². The summed E-state index contributed by atoms with van der Waals surface area (Å²) in [5.74, 6) is -1.82. The average molecular weight is 203 g/mol. The normalized spacial score (nSPS) is 8.07. The van der Waals surface area contributed by atoms with Crippen LogP contribution in [0.5, 0.6) is 0 Å². The molecule has 0 unspecified atom stereocenters. The zero-order chi connectivity index (χ0) is 11.7. The molecule has 0 radical (unpaired) electrons. The summed E-state index contributed by atoms with van der Waals surface area (Å²) in [4.78, 5) is 36.4. The van der Waals surface area contributed by atoms with Crippen molar-refractivity contribution in [1.29, 1.82) is 0 Å². The fourth-order valence-corrected chi connectivity index (χ4v) is 0.563. The molecule has 0 bridgehead atoms. The Bertz CT molecular complexity index is 213. The van der Waals surface area contributed by atoms with E-state index < -0.39 is 17.8 Å². The summed E-state index contributed by atoms with van der Waals surface area (Å²) in [6.45, 7) is 7.84. The lowest BCUT2D eigenvalue weighted by molar-refractivity contribution is -0.200. The third-order valence-corrected chi connectivity index (χ3v) is 1.03. The van der Waals surface area contributed by atoms with Gasteiger partial charge in [-0.1, -0.05) is 20.8 Å². The molecule has 14 heavy (non-hydrogen) atoms. The van der Waals surface area contributed by atoms with Gasteiger partial charge in [0.25, 0.3) is 11.8 Å². The second-order valence-corrected chi connectivity index (χ2v) is 2.14. The van der Waals surface area contributed by atoms with Crippen LogP contribution in [-0.2, 0) is 19.2 Å². The molecule has 0 aromatic carbocycles. The topological polar surface area (TPSA) is 63.7 Å². The first-order valence-corrected chi connectivity index (χ1v) is 4.51. The summed E-state index contributed by atoms with van der Waals surface area (Å²) in [6.07, 6.45) is 0.118. The molecule has 0 heterocycles. The van der Waals surface area contributed by atoms with E-state index in [1.54, 1.807) is 6.92 Å². The number of nitrogens with zero attached hydrogens (tertiary/aromatic N) is 1. The summed E-state index contributed by atoms with van der Waals surface area (Å²) in [5.41, 5.74) is 0. The molecule has 0 aromatic heterocycles. The first-order chi connectivity index (χ1) is 6.49. The molecule has 0 saturated carbocycles. The summed E-state index contributed by atoms with van der Waals surface area (Å²) in [6, 6.07) is 0. The fourth-order valence-electron chi connectivity index (χ4n) is 0.563. The van der Waals surface area contributed by atoms with Gasteiger partial charge in [-0.15, -0.1) is 5.06 Å². The average Bonchev–Trinajstić information content (AvgIpc) is 2.15. The minimum absolute atomic E-state index is 0.118. The highest BCUT2D eigenvalue weighted by atomic mass is 16.7. The molecule has 0 fully saturated rings. The number of hydrogen-bond donors (Lipinski definition) is 0. The molecule has 0 saturated heterocycles. The summed E-state index contributed by atoms with van der Waals surface area (Å²) in [7, 11) is 0.